The van der Waals surface area contributed by atoms with Crippen LogP contribution >= 0.6 is 0 Å². The minimum absolute atomic E-state index is 0.702. The van der Waals surface area contributed by atoms with Gasteiger partial charge in [0.2, 0.25) is 0 Å². The van der Waals surface area contributed by atoms with Gasteiger partial charge in [0.05, 0.1) is 13.7 Å². The Morgan fingerprint density at radius 3 is 2.50 bits per heavy atom. The second kappa shape index (κ2) is 8.98. The van der Waals surface area contributed by atoms with Gasteiger partial charge in [0.1, 0.15) is 5.75 Å². The fourth-order valence-corrected chi connectivity index (χ4v) is 2.19. The van der Waals surface area contributed by atoms with E-state index in [1.807, 2.05) is 12.1 Å². The van der Waals surface area contributed by atoms with Gasteiger partial charge >= 0.3 is 0 Å². The molecule has 1 aliphatic carbocycles. The van der Waals surface area contributed by atoms with E-state index in [0.29, 0.717) is 6.61 Å². The lowest BCUT2D eigenvalue weighted by Crippen LogP contribution is -2.17. The number of benzene rings is 1. The van der Waals surface area contributed by atoms with E-state index >= 15 is 0 Å². The van der Waals surface area contributed by atoms with E-state index in [4.69, 9.17) is 9.47 Å². The molecule has 112 valence electrons. The molecule has 1 fully saturated rings. The summed E-state index contributed by atoms with van der Waals surface area (Å²) in [6.45, 7) is 2.76. The molecule has 3 heteroatoms. The maximum Gasteiger partial charge on any atom is 0.118 e. The second-order valence-corrected chi connectivity index (χ2v) is 5.54. The minimum Gasteiger partial charge on any atom is -0.497 e. The van der Waals surface area contributed by atoms with Crippen molar-refractivity contribution < 1.29 is 9.47 Å². The Balaban J connectivity index is 1.40. The van der Waals surface area contributed by atoms with Crippen LogP contribution in [0, 0.1) is 0 Å². The van der Waals surface area contributed by atoms with Crippen molar-refractivity contribution in [3.05, 3.63) is 29.8 Å². The highest BCUT2D eigenvalue weighted by Gasteiger charge is 2.19. The lowest BCUT2D eigenvalue weighted by atomic mass is 10.2. The van der Waals surface area contributed by atoms with Crippen molar-refractivity contribution in [2.24, 2.45) is 0 Å². The quantitative estimate of drug-likeness (QED) is 0.628. The Labute approximate surface area is 122 Å². The normalized spacial score (nSPS) is 14.4. The smallest absolute Gasteiger partial charge is 0.118 e. The van der Waals surface area contributed by atoms with Crippen molar-refractivity contribution in [2.45, 2.75) is 51.2 Å². The zero-order valence-corrected chi connectivity index (χ0v) is 12.6. The lowest BCUT2D eigenvalue weighted by Gasteiger charge is -2.06. The summed E-state index contributed by atoms with van der Waals surface area (Å²) in [6.07, 6.45) is 7.83. The van der Waals surface area contributed by atoms with Gasteiger partial charge in [0, 0.05) is 12.6 Å². The van der Waals surface area contributed by atoms with Crippen LogP contribution in [-0.4, -0.2) is 26.3 Å². The largest absolute Gasteiger partial charge is 0.497 e. The number of hydrogen-bond donors (Lipinski definition) is 1. The van der Waals surface area contributed by atoms with Gasteiger partial charge in [-0.3, -0.25) is 0 Å². The molecule has 0 spiro atoms. The van der Waals surface area contributed by atoms with E-state index in [-0.39, 0.29) is 0 Å². The molecule has 0 bridgehead atoms. The average Bonchev–Trinajstić information content (AvgIpc) is 3.30. The molecule has 1 saturated carbocycles. The Morgan fingerprint density at radius 2 is 1.80 bits per heavy atom. The van der Waals surface area contributed by atoms with Gasteiger partial charge in [-0.15, -0.1) is 0 Å². The van der Waals surface area contributed by atoms with Crippen LogP contribution in [0.5, 0.6) is 5.75 Å². The van der Waals surface area contributed by atoms with E-state index in [1.165, 1.54) is 50.6 Å². The summed E-state index contributed by atoms with van der Waals surface area (Å²) < 4.78 is 10.8. The molecule has 0 aromatic heterocycles. The second-order valence-electron chi connectivity index (χ2n) is 5.54. The van der Waals surface area contributed by atoms with Crippen molar-refractivity contribution in [1.82, 2.24) is 5.32 Å². The molecule has 0 atom stereocenters. The van der Waals surface area contributed by atoms with Crippen LogP contribution in [0.15, 0.2) is 24.3 Å². The molecule has 3 nitrogen and oxygen atoms in total. The molecule has 0 aliphatic heterocycles. The van der Waals surface area contributed by atoms with Crippen molar-refractivity contribution in [2.75, 3.05) is 20.3 Å². The van der Waals surface area contributed by atoms with Gasteiger partial charge in [-0.25, -0.2) is 0 Å². The van der Waals surface area contributed by atoms with E-state index in [0.717, 1.165) is 18.4 Å². The molecule has 20 heavy (non-hydrogen) atoms. The van der Waals surface area contributed by atoms with Crippen LogP contribution in [0.1, 0.15) is 44.1 Å². The molecular formula is C17H27NO2. The van der Waals surface area contributed by atoms with E-state index in [1.54, 1.807) is 7.11 Å². The molecular weight excluding hydrogens is 250 g/mol. The summed E-state index contributed by atoms with van der Waals surface area (Å²) >= 11 is 0. The number of rotatable bonds is 11. The predicted molar refractivity (Wildman–Crippen MR) is 82.1 cm³/mol. The van der Waals surface area contributed by atoms with Crippen molar-refractivity contribution in [3.63, 3.8) is 0 Å². The van der Waals surface area contributed by atoms with E-state index < -0.39 is 0 Å². The molecule has 0 heterocycles. The van der Waals surface area contributed by atoms with Gasteiger partial charge in [-0.05, 0) is 49.9 Å². The highest BCUT2D eigenvalue weighted by molar-refractivity contribution is 5.26. The molecule has 2 rings (SSSR count). The van der Waals surface area contributed by atoms with E-state index in [2.05, 4.69) is 17.4 Å². The van der Waals surface area contributed by atoms with Crippen LogP contribution in [-0.2, 0) is 11.3 Å². The number of ether oxygens (including phenoxy) is 2. The SMILES string of the molecule is COc1ccc(COCCCCCCNC2CC2)cc1. The maximum atomic E-state index is 5.69. The average molecular weight is 277 g/mol. The first-order valence-electron chi connectivity index (χ1n) is 7.82. The molecule has 1 N–H and O–H groups in total. The molecule has 0 radical (unpaired) electrons. The summed E-state index contributed by atoms with van der Waals surface area (Å²) in [5.74, 6) is 0.897. The molecule has 0 unspecified atom stereocenters. The predicted octanol–water partition coefficient (Wildman–Crippen LogP) is 3.52. The zero-order valence-electron chi connectivity index (χ0n) is 12.6. The van der Waals surface area contributed by atoms with Gasteiger partial charge in [-0.1, -0.05) is 25.0 Å². The van der Waals surface area contributed by atoms with Crippen LogP contribution in [0.4, 0.5) is 0 Å². The van der Waals surface area contributed by atoms with Gasteiger partial charge < -0.3 is 14.8 Å². The number of methoxy groups -OCH3 is 1. The highest BCUT2D eigenvalue weighted by Crippen LogP contribution is 2.18. The van der Waals surface area contributed by atoms with Crippen molar-refractivity contribution >= 4 is 0 Å². The number of nitrogens with one attached hydrogen (secondary N) is 1. The first kappa shape index (κ1) is 15.3. The molecule has 1 aromatic rings. The van der Waals surface area contributed by atoms with Crippen LogP contribution in [0.3, 0.4) is 0 Å². The third-order valence-electron chi connectivity index (χ3n) is 3.65. The monoisotopic (exact) mass is 277 g/mol. The van der Waals surface area contributed by atoms with Gasteiger partial charge in [-0.2, -0.15) is 0 Å². The Bertz CT molecular complexity index is 360. The van der Waals surface area contributed by atoms with Gasteiger partial charge in [0.25, 0.3) is 0 Å². The third-order valence-corrected chi connectivity index (χ3v) is 3.65. The van der Waals surface area contributed by atoms with Crippen LogP contribution in [0.2, 0.25) is 0 Å². The Hall–Kier alpha value is -1.06. The standard InChI is InChI=1S/C17H27NO2/c1-19-17-10-6-15(7-11-17)14-20-13-5-3-2-4-12-18-16-8-9-16/h6-7,10-11,16,18H,2-5,8-9,12-14H2,1H3. The summed E-state index contributed by atoms with van der Waals surface area (Å²) in [7, 11) is 1.69. The minimum atomic E-state index is 0.702. The van der Waals surface area contributed by atoms with Crippen LogP contribution < -0.4 is 10.1 Å². The molecule has 1 aliphatic rings. The first-order chi connectivity index (χ1) is 9.88. The first-order valence-corrected chi connectivity index (χ1v) is 7.82. The molecule has 0 saturated heterocycles. The summed E-state index contributed by atoms with van der Waals surface area (Å²) in [5.41, 5.74) is 1.21. The lowest BCUT2D eigenvalue weighted by molar-refractivity contribution is 0.116. The summed E-state index contributed by atoms with van der Waals surface area (Å²) in [4.78, 5) is 0. The highest BCUT2D eigenvalue weighted by atomic mass is 16.5. The van der Waals surface area contributed by atoms with Crippen molar-refractivity contribution in [1.29, 1.82) is 0 Å². The molecule has 0 amide bonds. The maximum absolute atomic E-state index is 5.69. The molecule has 1 aromatic carbocycles. The van der Waals surface area contributed by atoms with E-state index in [9.17, 15) is 0 Å². The van der Waals surface area contributed by atoms with Crippen molar-refractivity contribution in [3.8, 4) is 5.75 Å². The number of hydrogen-bond acceptors (Lipinski definition) is 3. The summed E-state index contributed by atoms with van der Waals surface area (Å²) in [5, 5.41) is 3.55. The Kier molecular flexibility index (Phi) is 6.89. The fraction of sp³-hybridized carbons (Fsp3) is 0.647. The Morgan fingerprint density at radius 1 is 1.05 bits per heavy atom. The third kappa shape index (κ3) is 6.40. The topological polar surface area (TPSA) is 30.5 Å². The number of unbranched alkanes of at least 4 members (excludes halogenated alkanes) is 3. The zero-order chi connectivity index (χ0) is 14.0. The van der Waals surface area contributed by atoms with Gasteiger partial charge in [0.15, 0.2) is 0 Å². The van der Waals surface area contributed by atoms with Crippen LogP contribution in [0.25, 0.3) is 0 Å². The fourth-order valence-electron chi connectivity index (χ4n) is 2.19. The summed E-state index contributed by atoms with van der Waals surface area (Å²) in [6, 6.07) is 8.92.